The standard InChI is InChI=1S/C13H18N2O.ClH/c1-10-4-3-5-12(8-10)13(16)15-7-6-14-9-11(15)2;/h3-5,8,11,14H,6-7,9H2,1-2H3;1H/t11-;/m1./s1. The molecule has 0 spiro atoms. The van der Waals surface area contributed by atoms with E-state index in [1.165, 1.54) is 0 Å². The van der Waals surface area contributed by atoms with Gasteiger partial charge < -0.3 is 10.2 Å². The fourth-order valence-corrected chi connectivity index (χ4v) is 2.09. The lowest BCUT2D eigenvalue weighted by atomic mass is 10.1. The Morgan fingerprint density at radius 2 is 2.24 bits per heavy atom. The SMILES string of the molecule is Cc1cccc(C(=O)N2CCNC[C@H]2C)c1.Cl. The maximum Gasteiger partial charge on any atom is 0.254 e. The normalized spacial score (nSPS) is 19.6. The van der Waals surface area contributed by atoms with Crippen molar-refractivity contribution < 1.29 is 4.79 Å². The maximum absolute atomic E-state index is 12.3. The second-order valence-electron chi connectivity index (χ2n) is 4.42. The first-order valence-corrected chi connectivity index (χ1v) is 5.77. The lowest BCUT2D eigenvalue weighted by Gasteiger charge is -2.34. The highest BCUT2D eigenvalue weighted by atomic mass is 35.5. The van der Waals surface area contributed by atoms with Gasteiger partial charge in [-0.1, -0.05) is 17.7 Å². The van der Waals surface area contributed by atoms with E-state index in [2.05, 4.69) is 12.2 Å². The number of carbonyl (C=O) groups is 1. The molecule has 17 heavy (non-hydrogen) atoms. The summed E-state index contributed by atoms with van der Waals surface area (Å²) in [4.78, 5) is 14.2. The van der Waals surface area contributed by atoms with Crippen LogP contribution in [0.5, 0.6) is 0 Å². The molecule has 0 radical (unpaired) electrons. The van der Waals surface area contributed by atoms with Crippen molar-refractivity contribution in [2.45, 2.75) is 19.9 Å². The zero-order chi connectivity index (χ0) is 11.5. The van der Waals surface area contributed by atoms with E-state index in [1.54, 1.807) is 0 Å². The van der Waals surface area contributed by atoms with Gasteiger partial charge in [0.1, 0.15) is 0 Å². The average molecular weight is 255 g/mol. The van der Waals surface area contributed by atoms with Crippen LogP contribution in [0.1, 0.15) is 22.8 Å². The molecule has 94 valence electrons. The molecular weight excluding hydrogens is 236 g/mol. The third-order valence-corrected chi connectivity index (χ3v) is 3.03. The molecule has 0 saturated carbocycles. The van der Waals surface area contributed by atoms with E-state index >= 15 is 0 Å². The average Bonchev–Trinajstić information content (AvgIpc) is 2.29. The summed E-state index contributed by atoms with van der Waals surface area (Å²) in [5, 5.41) is 3.29. The van der Waals surface area contributed by atoms with E-state index in [4.69, 9.17) is 0 Å². The molecule has 1 aliphatic heterocycles. The number of benzene rings is 1. The van der Waals surface area contributed by atoms with Crippen LogP contribution in [-0.4, -0.2) is 36.5 Å². The van der Waals surface area contributed by atoms with E-state index in [-0.39, 0.29) is 24.4 Å². The molecule has 1 aromatic carbocycles. The first-order valence-electron chi connectivity index (χ1n) is 5.77. The van der Waals surface area contributed by atoms with Crippen LogP contribution in [0.15, 0.2) is 24.3 Å². The number of amides is 1. The Labute approximate surface area is 109 Å². The van der Waals surface area contributed by atoms with Gasteiger partial charge in [-0.2, -0.15) is 0 Å². The number of halogens is 1. The van der Waals surface area contributed by atoms with E-state index in [9.17, 15) is 4.79 Å². The number of aryl methyl sites for hydroxylation is 1. The Morgan fingerprint density at radius 1 is 1.47 bits per heavy atom. The van der Waals surface area contributed by atoms with Crippen molar-refractivity contribution in [3.63, 3.8) is 0 Å². The number of hydrogen-bond acceptors (Lipinski definition) is 2. The van der Waals surface area contributed by atoms with Crippen LogP contribution in [0.4, 0.5) is 0 Å². The van der Waals surface area contributed by atoms with Gasteiger partial charge in [0, 0.05) is 31.2 Å². The van der Waals surface area contributed by atoms with E-state index in [1.807, 2.05) is 36.1 Å². The van der Waals surface area contributed by atoms with Crippen LogP contribution in [0.25, 0.3) is 0 Å². The third-order valence-electron chi connectivity index (χ3n) is 3.03. The molecular formula is C13H19ClN2O. The fourth-order valence-electron chi connectivity index (χ4n) is 2.09. The summed E-state index contributed by atoms with van der Waals surface area (Å²) in [5.41, 5.74) is 1.93. The minimum absolute atomic E-state index is 0. The molecule has 1 atom stereocenters. The van der Waals surface area contributed by atoms with Crippen LogP contribution in [0, 0.1) is 6.92 Å². The second-order valence-corrected chi connectivity index (χ2v) is 4.42. The third kappa shape index (κ3) is 3.20. The Bertz CT molecular complexity index is 395. The van der Waals surface area contributed by atoms with Crippen molar-refractivity contribution in [3.8, 4) is 0 Å². The first kappa shape index (κ1) is 14.0. The summed E-state index contributed by atoms with van der Waals surface area (Å²) >= 11 is 0. The Morgan fingerprint density at radius 3 is 2.88 bits per heavy atom. The van der Waals surface area contributed by atoms with Crippen molar-refractivity contribution in [1.29, 1.82) is 0 Å². The summed E-state index contributed by atoms with van der Waals surface area (Å²) in [6, 6.07) is 8.08. The van der Waals surface area contributed by atoms with Crippen LogP contribution in [-0.2, 0) is 0 Å². The molecule has 0 bridgehead atoms. The van der Waals surface area contributed by atoms with Gasteiger partial charge in [0.25, 0.3) is 5.91 Å². The number of piperazine rings is 1. The Balaban J connectivity index is 0.00000144. The quantitative estimate of drug-likeness (QED) is 0.830. The highest BCUT2D eigenvalue weighted by Gasteiger charge is 2.23. The molecule has 0 unspecified atom stereocenters. The lowest BCUT2D eigenvalue weighted by Crippen LogP contribution is -2.52. The summed E-state index contributed by atoms with van der Waals surface area (Å²) in [5.74, 6) is 0.151. The largest absolute Gasteiger partial charge is 0.333 e. The monoisotopic (exact) mass is 254 g/mol. The Hall–Kier alpha value is -1.06. The van der Waals surface area contributed by atoms with Gasteiger partial charge in [-0.05, 0) is 26.0 Å². The van der Waals surface area contributed by atoms with Gasteiger partial charge in [0.05, 0.1) is 0 Å². The van der Waals surface area contributed by atoms with E-state index < -0.39 is 0 Å². The first-order chi connectivity index (χ1) is 7.68. The van der Waals surface area contributed by atoms with Gasteiger partial charge in [-0.25, -0.2) is 0 Å². The molecule has 0 aromatic heterocycles. The van der Waals surface area contributed by atoms with E-state index in [0.29, 0.717) is 0 Å². The van der Waals surface area contributed by atoms with Crippen LogP contribution < -0.4 is 5.32 Å². The van der Waals surface area contributed by atoms with Gasteiger partial charge in [-0.3, -0.25) is 4.79 Å². The molecule has 1 aliphatic rings. The highest BCUT2D eigenvalue weighted by Crippen LogP contribution is 2.11. The molecule has 1 saturated heterocycles. The zero-order valence-electron chi connectivity index (χ0n) is 10.3. The predicted molar refractivity (Wildman–Crippen MR) is 71.8 cm³/mol. The molecule has 2 rings (SSSR count). The van der Waals surface area contributed by atoms with Crippen molar-refractivity contribution in [2.24, 2.45) is 0 Å². The topological polar surface area (TPSA) is 32.3 Å². The summed E-state index contributed by atoms with van der Waals surface area (Å²) in [6.45, 7) is 6.67. The molecule has 0 aliphatic carbocycles. The fraction of sp³-hybridized carbons (Fsp3) is 0.462. The van der Waals surface area contributed by atoms with Gasteiger partial charge >= 0.3 is 0 Å². The maximum atomic E-state index is 12.3. The van der Waals surface area contributed by atoms with Crippen molar-refractivity contribution in [2.75, 3.05) is 19.6 Å². The molecule has 1 N–H and O–H groups in total. The number of nitrogens with one attached hydrogen (secondary N) is 1. The van der Waals surface area contributed by atoms with Crippen molar-refractivity contribution >= 4 is 18.3 Å². The minimum atomic E-state index is 0. The van der Waals surface area contributed by atoms with Gasteiger partial charge in [-0.15, -0.1) is 12.4 Å². The van der Waals surface area contributed by atoms with Crippen molar-refractivity contribution in [3.05, 3.63) is 35.4 Å². The molecule has 3 nitrogen and oxygen atoms in total. The molecule has 4 heteroatoms. The van der Waals surface area contributed by atoms with Gasteiger partial charge in [0.15, 0.2) is 0 Å². The molecule has 1 aromatic rings. The lowest BCUT2D eigenvalue weighted by molar-refractivity contribution is 0.0655. The Kier molecular flexibility index (Phi) is 4.97. The predicted octanol–water partition coefficient (Wildman–Crippen LogP) is 1.85. The molecule has 1 fully saturated rings. The second kappa shape index (κ2) is 6.03. The molecule has 1 heterocycles. The van der Waals surface area contributed by atoms with Crippen LogP contribution in [0.2, 0.25) is 0 Å². The summed E-state index contributed by atoms with van der Waals surface area (Å²) in [7, 11) is 0. The minimum Gasteiger partial charge on any atom is -0.333 e. The number of rotatable bonds is 1. The van der Waals surface area contributed by atoms with E-state index in [0.717, 1.165) is 30.8 Å². The summed E-state index contributed by atoms with van der Waals surface area (Å²) in [6.07, 6.45) is 0. The van der Waals surface area contributed by atoms with Crippen molar-refractivity contribution in [1.82, 2.24) is 10.2 Å². The summed E-state index contributed by atoms with van der Waals surface area (Å²) < 4.78 is 0. The molecule has 1 amide bonds. The highest BCUT2D eigenvalue weighted by molar-refractivity contribution is 5.94. The van der Waals surface area contributed by atoms with Crippen LogP contribution >= 0.6 is 12.4 Å². The number of hydrogen-bond donors (Lipinski definition) is 1. The number of carbonyl (C=O) groups excluding carboxylic acids is 1. The van der Waals surface area contributed by atoms with Gasteiger partial charge in [0.2, 0.25) is 0 Å². The van der Waals surface area contributed by atoms with Crippen LogP contribution in [0.3, 0.4) is 0 Å². The smallest absolute Gasteiger partial charge is 0.254 e. The zero-order valence-corrected chi connectivity index (χ0v) is 11.1. The number of nitrogens with zero attached hydrogens (tertiary/aromatic N) is 1.